The fraction of sp³-hybridized carbons (Fsp3) is 0.435. The second-order valence-corrected chi connectivity index (χ2v) is 7.99. The van der Waals surface area contributed by atoms with Crippen LogP contribution in [0.4, 0.5) is 20.2 Å². The Balaban J connectivity index is 1.51. The van der Waals surface area contributed by atoms with E-state index < -0.39 is 11.5 Å². The van der Waals surface area contributed by atoms with Gasteiger partial charge in [-0.25, -0.2) is 8.78 Å². The van der Waals surface area contributed by atoms with Gasteiger partial charge in [0.2, 0.25) is 0 Å². The van der Waals surface area contributed by atoms with Crippen LogP contribution in [0.3, 0.4) is 0 Å². The molecule has 1 amide bonds. The van der Waals surface area contributed by atoms with E-state index in [1.165, 1.54) is 13.2 Å². The van der Waals surface area contributed by atoms with Crippen LogP contribution in [-0.4, -0.2) is 51.5 Å². The lowest BCUT2D eigenvalue weighted by atomic mass is 10.1. The molecule has 1 aliphatic carbocycles. The summed E-state index contributed by atoms with van der Waals surface area (Å²) in [6, 6.07) is 10.3. The highest BCUT2D eigenvalue weighted by atomic mass is 19.1. The zero-order chi connectivity index (χ0) is 21.8. The second kappa shape index (κ2) is 9.09. The number of nitrogens with zero attached hydrogens (tertiary/aromatic N) is 1. The first-order valence-electron chi connectivity index (χ1n) is 10.5. The summed E-state index contributed by atoms with van der Waals surface area (Å²) in [4.78, 5) is 15.0. The molecule has 6 nitrogen and oxygen atoms in total. The van der Waals surface area contributed by atoms with E-state index in [9.17, 15) is 13.6 Å². The summed E-state index contributed by atoms with van der Waals surface area (Å²) < 4.78 is 38.3. The van der Waals surface area contributed by atoms with Gasteiger partial charge in [-0.15, -0.1) is 0 Å². The van der Waals surface area contributed by atoms with Crippen LogP contribution in [0.1, 0.15) is 28.8 Å². The van der Waals surface area contributed by atoms with Gasteiger partial charge in [0, 0.05) is 31.0 Å². The number of rotatable bonds is 8. The molecule has 2 N–H and O–H groups in total. The van der Waals surface area contributed by atoms with Gasteiger partial charge in [-0.1, -0.05) is 6.07 Å². The smallest absolute Gasteiger partial charge is 0.253 e. The third kappa shape index (κ3) is 5.25. The first-order chi connectivity index (χ1) is 15.0. The Hall–Kier alpha value is -2.87. The predicted octanol–water partition coefficient (Wildman–Crippen LogP) is 3.51. The third-order valence-corrected chi connectivity index (χ3v) is 5.66. The molecule has 0 unspecified atom stereocenters. The largest absolute Gasteiger partial charge is 0.494 e. The number of carbonyl (C=O) groups is 1. The van der Waals surface area contributed by atoms with Crippen LogP contribution in [0.25, 0.3) is 0 Å². The standard InChI is InChI=1S/C23H27F2N3O3/c1-30-21-5-2-16(12-19(21)24)14-26-17-3-4-20(28-8-10-31-11-9-28)18(13-17)22(29)27-15-23(25)6-7-23/h2-5,12-13,26H,6-11,14-15H2,1H3,(H,27,29). The Morgan fingerprint density at radius 1 is 1.19 bits per heavy atom. The molecule has 166 valence electrons. The summed E-state index contributed by atoms with van der Waals surface area (Å²) in [7, 11) is 1.42. The predicted molar refractivity (Wildman–Crippen MR) is 115 cm³/mol. The highest BCUT2D eigenvalue weighted by Crippen LogP contribution is 2.39. The Kier molecular flexibility index (Phi) is 6.27. The zero-order valence-corrected chi connectivity index (χ0v) is 17.5. The van der Waals surface area contributed by atoms with Crippen molar-refractivity contribution in [3.8, 4) is 5.75 Å². The number of morpholine rings is 1. The van der Waals surface area contributed by atoms with Crippen LogP contribution in [0.2, 0.25) is 0 Å². The molecule has 4 rings (SSSR count). The van der Waals surface area contributed by atoms with Crippen molar-refractivity contribution in [2.75, 3.05) is 50.2 Å². The van der Waals surface area contributed by atoms with Gasteiger partial charge in [0.25, 0.3) is 5.91 Å². The Bertz CT molecular complexity index is 944. The van der Waals surface area contributed by atoms with Gasteiger partial charge in [-0.2, -0.15) is 0 Å². The molecule has 1 saturated carbocycles. The van der Waals surface area contributed by atoms with E-state index in [0.717, 1.165) is 16.9 Å². The van der Waals surface area contributed by atoms with Gasteiger partial charge in [0.15, 0.2) is 11.6 Å². The number of ether oxygens (including phenoxy) is 2. The van der Waals surface area contributed by atoms with E-state index in [1.807, 2.05) is 12.1 Å². The van der Waals surface area contributed by atoms with E-state index >= 15 is 0 Å². The molecule has 1 heterocycles. The molecule has 1 aliphatic heterocycles. The Labute approximate surface area is 180 Å². The van der Waals surface area contributed by atoms with E-state index in [-0.39, 0.29) is 18.2 Å². The number of alkyl halides is 1. The molecule has 0 atom stereocenters. The van der Waals surface area contributed by atoms with Crippen LogP contribution in [-0.2, 0) is 11.3 Å². The Morgan fingerprint density at radius 2 is 1.97 bits per heavy atom. The summed E-state index contributed by atoms with van der Waals surface area (Å²) in [5.41, 5.74) is 1.49. The lowest BCUT2D eigenvalue weighted by molar-refractivity contribution is 0.0936. The lowest BCUT2D eigenvalue weighted by Crippen LogP contribution is -2.38. The minimum absolute atomic E-state index is 0.0250. The number of amides is 1. The number of hydrogen-bond acceptors (Lipinski definition) is 5. The maximum absolute atomic E-state index is 14.0. The minimum atomic E-state index is -1.26. The molecule has 31 heavy (non-hydrogen) atoms. The van der Waals surface area contributed by atoms with Crippen molar-refractivity contribution in [1.82, 2.24) is 5.32 Å². The molecule has 2 aliphatic rings. The molecule has 0 bridgehead atoms. The van der Waals surface area contributed by atoms with E-state index in [4.69, 9.17) is 9.47 Å². The summed E-state index contributed by atoms with van der Waals surface area (Å²) in [6.45, 7) is 2.97. The average molecular weight is 431 g/mol. The second-order valence-electron chi connectivity index (χ2n) is 7.99. The topological polar surface area (TPSA) is 62.8 Å². The number of nitrogens with one attached hydrogen (secondary N) is 2. The number of methoxy groups -OCH3 is 1. The number of anilines is 2. The fourth-order valence-corrected chi connectivity index (χ4v) is 3.58. The molecule has 0 spiro atoms. The van der Waals surface area contributed by atoms with Crippen LogP contribution in [0.5, 0.6) is 5.75 Å². The van der Waals surface area contributed by atoms with Gasteiger partial charge in [-0.05, 0) is 48.7 Å². The number of benzene rings is 2. The molecule has 1 saturated heterocycles. The number of carbonyl (C=O) groups excluding carboxylic acids is 1. The van der Waals surface area contributed by atoms with E-state index in [2.05, 4.69) is 15.5 Å². The molecular weight excluding hydrogens is 404 g/mol. The summed E-state index contributed by atoms with van der Waals surface area (Å²) >= 11 is 0. The summed E-state index contributed by atoms with van der Waals surface area (Å²) in [5, 5.41) is 5.97. The summed E-state index contributed by atoms with van der Waals surface area (Å²) in [5.74, 6) is -0.534. The van der Waals surface area contributed by atoms with E-state index in [1.54, 1.807) is 18.2 Å². The fourth-order valence-electron chi connectivity index (χ4n) is 3.58. The van der Waals surface area contributed by atoms with Gasteiger partial charge in [-0.3, -0.25) is 4.79 Å². The van der Waals surface area contributed by atoms with Crippen molar-refractivity contribution in [3.63, 3.8) is 0 Å². The third-order valence-electron chi connectivity index (χ3n) is 5.66. The molecule has 0 aromatic heterocycles. The molecule has 8 heteroatoms. The van der Waals surface area contributed by atoms with Crippen LogP contribution in [0, 0.1) is 5.82 Å². The number of halogens is 2. The number of hydrogen-bond donors (Lipinski definition) is 2. The average Bonchev–Trinajstić information content (AvgIpc) is 3.54. The first kappa shape index (κ1) is 21.4. The van der Waals surface area contributed by atoms with Crippen molar-refractivity contribution in [1.29, 1.82) is 0 Å². The molecule has 2 aromatic rings. The first-order valence-corrected chi connectivity index (χ1v) is 10.5. The van der Waals surface area contributed by atoms with Crippen molar-refractivity contribution in [2.45, 2.75) is 25.1 Å². The van der Waals surface area contributed by atoms with E-state index in [0.29, 0.717) is 51.3 Å². The monoisotopic (exact) mass is 431 g/mol. The van der Waals surface area contributed by atoms with Crippen molar-refractivity contribution < 1.29 is 23.0 Å². The molecule has 0 radical (unpaired) electrons. The molecule has 2 aromatic carbocycles. The maximum atomic E-state index is 14.0. The molecular formula is C23H27F2N3O3. The van der Waals surface area contributed by atoms with Gasteiger partial charge in [0.05, 0.1) is 32.4 Å². The van der Waals surface area contributed by atoms with Crippen LogP contribution < -0.4 is 20.3 Å². The van der Waals surface area contributed by atoms with Crippen molar-refractivity contribution in [2.24, 2.45) is 0 Å². The lowest BCUT2D eigenvalue weighted by Gasteiger charge is -2.30. The van der Waals surface area contributed by atoms with Gasteiger partial charge < -0.3 is 25.0 Å². The highest BCUT2D eigenvalue weighted by molar-refractivity contribution is 6.01. The van der Waals surface area contributed by atoms with Gasteiger partial charge in [0.1, 0.15) is 5.67 Å². The van der Waals surface area contributed by atoms with Crippen molar-refractivity contribution >= 4 is 17.3 Å². The van der Waals surface area contributed by atoms with Crippen LogP contribution >= 0.6 is 0 Å². The van der Waals surface area contributed by atoms with Crippen molar-refractivity contribution in [3.05, 3.63) is 53.3 Å². The zero-order valence-electron chi connectivity index (χ0n) is 17.5. The Morgan fingerprint density at radius 3 is 2.65 bits per heavy atom. The minimum Gasteiger partial charge on any atom is -0.494 e. The summed E-state index contributed by atoms with van der Waals surface area (Å²) in [6.07, 6.45) is 0.979. The quantitative estimate of drug-likeness (QED) is 0.670. The highest BCUT2D eigenvalue weighted by Gasteiger charge is 2.43. The SMILES string of the molecule is COc1ccc(CNc2ccc(N3CCOCC3)c(C(=O)NCC3(F)CC3)c2)cc1F. The van der Waals surface area contributed by atoms with Crippen LogP contribution in [0.15, 0.2) is 36.4 Å². The normalized spacial score (nSPS) is 17.2. The van der Waals surface area contributed by atoms with Gasteiger partial charge >= 0.3 is 0 Å². The maximum Gasteiger partial charge on any atom is 0.253 e. The molecule has 2 fully saturated rings.